The second kappa shape index (κ2) is 6.81. The van der Waals surface area contributed by atoms with Gasteiger partial charge >= 0.3 is 5.97 Å². The standard InChI is InChI=1S/C13H14O3S/c1-16-12-6-4-10(3-2-8-17)9-11(12)5-7-13(14)15/h2-7,9,17H,8H2,1H3,(H,14,15)/b3-2?,7-5+. The van der Waals surface area contributed by atoms with Gasteiger partial charge < -0.3 is 9.84 Å². The molecule has 1 aromatic rings. The largest absolute Gasteiger partial charge is 0.496 e. The van der Waals surface area contributed by atoms with Gasteiger partial charge in [-0.2, -0.15) is 12.6 Å². The quantitative estimate of drug-likeness (QED) is 0.624. The summed E-state index contributed by atoms with van der Waals surface area (Å²) in [7, 11) is 1.55. The Kier molecular flexibility index (Phi) is 5.36. The van der Waals surface area contributed by atoms with E-state index < -0.39 is 5.97 Å². The van der Waals surface area contributed by atoms with Gasteiger partial charge in [-0.3, -0.25) is 0 Å². The lowest BCUT2D eigenvalue weighted by molar-refractivity contribution is -0.131. The van der Waals surface area contributed by atoms with Crippen LogP contribution in [0.3, 0.4) is 0 Å². The summed E-state index contributed by atoms with van der Waals surface area (Å²) in [6, 6.07) is 5.56. The van der Waals surface area contributed by atoms with Crippen molar-refractivity contribution in [3.05, 3.63) is 41.5 Å². The smallest absolute Gasteiger partial charge is 0.328 e. The molecule has 0 bridgehead atoms. The van der Waals surface area contributed by atoms with Crippen LogP contribution in [0.5, 0.6) is 5.75 Å². The molecule has 4 heteroatoms. The van der Waals surface area contributed by atoms with E-state index in [0.29, 0.717) is 11.5 Å². The van der Waals surface area contributed by atoms with E-state index in [2.05, 4.69) is 12.6 Å². The number of aliphatic carboxylic acids is 1. The predicted molar refractivity (Wildman–Crippen MR) is 72.6 cm³/mol. The molecular formula is C13H14O3S. The molecule has 1 aromatic carbocycles. The van der Waals surface area contributed by atoms with Crippen LogP contribution in [0.4, 0.5) is 0 Å². The Balaban J connectivity index is 3.06. The van der Waals surface area contributed by atoms with Crippen molar-refractivity contribution >= 4 is 30.8 Å². The third kappa shape index (κ3) is 4.36. The second-order valence-electron chi connectivity index (χ2n) is 3.26. The van der Waals surface area contributed by atoms with Crippen molar-refractivity contribution in [2.45, 2.75) is 0 Å². The minimum Gasteiger partial charge on any atom is -0.496 e. The molecule has 0 spiro atoms. The molecule has 0 fully saturated rings. The third-order valence-corrected chi connectivity index (χ3v) is 2.29. The van der Waals surface area contributed by atoms with Gasteiger partial charge in [0.25, 0.3) is 0 Å². The summed E-state index contributed by atoms with van der Waals surface area (Å²) in [5.74, 6) is 0.320. The van der Waals surface area contributed by atoms with Crippen LogP contribution in [0, 0.1) is 0 Å². The van der Waals surface area contributed by atoms with E-state index in [1.165, 1.54) is 6.08 Å². The van der Waals surface area contributed by atoms with Crippen LogP contribution in [0.2, 0.25) is 0 Å². The molecule has 1 rings (SSSR count). The molecule has 1 N–H and O–H groups in total. The molecule has 17 heavy (non-hydrogen) atoms. The number of carboxylic acid groups (broad SMARTS) is 1. The number of benzene rings is 1. The number of methoxy groups -OCH3 is 1. The van der Waals surface area contributed by atoms with E-state index in [-0.39, 0.29) is 0 Å². The molecule has 0 aliphatic heterocycles. The average molecular weight is 250 g/mol. The summed E-state index contributed by atoms with van der Waals surface area (Å²) in [5.41, 5.74) is 1.71. The van der Waals surface area contributed by atoms with Crippen LogP contribution in [-0.4, -0.2) is 23.9 Å². The van der Waals surface area contributed by atoms with Crippen LogP contribution >= 0.6 is 12.6 Å². The number of hydrogen-bond donors (Lipinski definition) is 2. The number of carboxylic acids is 1. The lowest BCUT2D eigenvalue weighted by atomic mass is 10.1. The summed E-state index contributed by atoms with van der Waals surface area (Å²) in [6.45, 7) is 0. The maximum absolute atomic E-state index is 10.5. The van der Waals surface area contributed by atoms with Gasteiger partial charge in [0, 0.05) is 17.4 Å². The van der Waals surface area contributed by atoms with Crippen molar-refractivity contribution < 1.29 is 14.6 Å². The summed E-state index contributed by atoms with van der Waals surface area (Å²) in [6.07, 6.45) is 6.43. The maximum Gasteiger partial charge on any atom is 0.328 e. The summed E-state index contributed by atoms with van der Waals surface area (Å²) < 4.78 is 5.15. The van der Waals surface area contributed by atoms with Gasteiger partial charge in [-0.05, 0) is 23.8 Å². The summed E-state index contributed by atoms with van der Waals surface area (Å²) in [4.78, 5) is 10.5. The lowest BCUT2D eigenvalue weighted by Gasteiger charge is -2.05. The highest BCUT2D eigenvalue weighted by molar-refractivity contribution is 7.80. The van der Waals surface area contributed by atoms with Crippen molar-refractivity contribution in [1.29, 1.82) is 0 Å². The van der Waals surface area contributed by atoms with Crippen molar-refractivity contribution in [1.82, 2.24) is 0 Å². The Labute approximate surface area is 106 Å². The minimum atomic E-state index is -0.983. The monoisotopic (exact) mass is 250 g/mol. The SMILES string of the molecule is COc1ccc(C=CCS)cc1/C=C/C(=O)O. The van der Waals surface area contributed by atoms with Crippen LogP contribution < -0.4 is 4.74 Å². The Hall–Kier alpha value is -1.68. The van der Waals surface area contributed by atoms with E-state index >= 15 is 0 Å². The molecule has 0 radical (unpaired) electrons. The number of rotatable bonds is 5. The summed E-state index contributed by atoms with van der Waals surface area (Å²) >= 11 is 4.08. The van der Waals surface area contributed by atoms with Crippen LogP contribution in [-0.2, 0) is 4.79 Å². The highest BCUT2D eigenvalue weighted by Gasteiger charge is 2.00. The van der Waals surface area contributed by atoms with Gasteiger partial charge in [0.2, 0.25) is 0 Å². The van der Waals surface area contributed by atoms with Gasteiger partial charge in [-0.25, -0.2) is 4.79 Å². The van der Waals surface area contributed by atoms with E-state index in [4.69, 9.17) is 9.84 Å². The van der Waals surface area contributed by atoms with Crippen molar-refractivity contribution in [3.63, 3.8) is 0 Å². The molecule has 0 aliphatic carbocycles. The molecular weight excluding hydrogens is 236 g/mol. The zero-order valence-corrected chi connectivity index (χ0v) is 10.4. The average Bonchev–Trinajstić information content (AvgIpc) is 2.33. The first-order valence-corrected chi connectivity index (χ1v) is 5.67. The molecule has 0 aromatic heterocycles. The van der Waals surface area contributed by atoms with Gasteiger partial charge in [-0.15, -0.1) is 0 Å². The van der Waals surface area contributed by atoms with Crippen LogP contribution in [0.1, 0.15) is 11.1 Å². The fourth-order valence-electron chi connectivity index (χ4n) is 1.34. The third-order valence-electron chi connectivity index (χ3n) is 2.07. The molecule has 0 saturated heterocycles. The highest BCUT2D eigenvalue weighted by Crippen LogP contribution is 2.22. The maximum atomic E-state index is 10.5. The van der Waals surface area contributed by atoms with Gasteiger partial charge in [0.05, 0.1) is 7.11 Å². The van der Waals surface area contributed by atoms with Crippen molar-refractivity contribution in [2.75, 3.05) is 12.9 Å². The number of ether oxygens (including phenoxy) is 1. The highest BCUT2D eigenvalue weighted by atomic mass is 32.1. The first-order valence-electron chi connectivity index (χ1n) is 5.04. The Morgan fingerprint density at radius 3 is 2.82 bits per heavy atom. The van der Waals surface area contributed by atoms with Gasteiger partial charge in [-0.1, -0.05) is 18.2 Å². The summed E-state index contributed by atoms with van der Waals surface area (Å²) in [5, 5.41) is 8.60. The van der Waals surface area contributed by atoms with E-state index in [9.17, 15) is 4.79 Å². The Morgan fingerprint density at radius 2 is 2.24 bits per heavy atom. The van der Waals surface area contributed by atoms with E-state index in [0.717, 1.165) is 17.2 Å². The topological polar surface area (TPSA) is 46.5 Å². The van der Waals surface area contributed by atoms with Crippen LogP contribution in [0.25, 0.3) is 12.2 Å². The molecule has 3 nitrogen and oxygen atoms in total. The number of carbonyl (C=O) groups is 1. The normalized spacial score (nSPS) is 11.2. The zero-order chi connectivity index (χ0) is 12.7. The molecule has 0 saturated carbocycles. The molecule has 90 valence electrons. The number of thiol groups is 1. The minimum absolute atomic E-state index is 0.644. The molecule has 0 unspecified atom stereocenters. The first-order chi connectivity index (χ1) is 8.17. The Morgan fingerprint density at radius 1 is 1.47 bits per heavy atom. The molecule has 0 amide bonds. The zero-order valence-electron chi connectivity index (χ0n) is 9.46. The number of hydrogen-bond acceptors (Lipinski definition) is 3. The van der Waals surface area contributed by atoms with Gasteiger partial charge in [0.15, 0.2) is 0 Å². The first kappa shape index (κ1) is 13.4. The lowest BCUT2D eigenvalue weighted by Crippen LogP contribution is -1.90. The van der Waals surface area contributed by atoms with Gasteiger partial charge in [0.1, 0.15) is 5.75 Å². The van der Waals surface area contributed by atoms with Crippen LogP contribution in [0.15, 0.2) is 30.4 Å². The second-order valence-corrected chi connectivity index (χ2v) is 3.62. The fourth-order valence-corrected chi connectivity index (χ4v) is 1.44. The molecule has 0 aliphatic rings. The molecule has 0 atom stereocenters. The Bertz CT molecular complexity index is 450. The van der Waals surface area contributed by atoms with E-state index in [1.54, 1.807) is 13.2 Å². The molecule has 0 heterocycles. The van der Waals surface area contributed by atoms with E-state index in [1.807, 2.05) is 24.3 Å². The van der Waals surface area contributed by atoms with Crippen molar-refractivity contribution in [3.8, 4) is 5.75 Å². The van der Waals surface area contributed by atoms with Crippen molar-refractivity contribution in [2.24, 2.45) is 0 Å². The fraction of sp³-hybridized carbons (Fsp3) is 0.154. The predicted octanol–water partition coefficient (Wildman–Crippen LogP) is 2.74.